The minimum Gasteiger partial charge on any atom is -0.316 e. The van der Waals surface area contributed by atoms with Gasteiger partial charge in [-0.3, -0.25) is 4.68 Å². The molecule has 0 aliphatic heterocycles. The Morgan fingerprint density at radius 2 is 2.06 bits per heavy atom. The molecule has 1 unspecified atom stereocenters. The summed E-state index contributed by atoms with van der Waals surface area (Å²) in [5.74, 6) is 0. The molecule has 1 aromatic heterocycles. The predicted octanol–water partition coefficient (Wildman–Crippen LogP) is 3.16. The molecule has 0 saturated carbocycles. The lowest BCUT2D eigenvalue weighted by atomic mass is 9.80. The summed E-state index contributed by atoms with van der Waals surface area (Å²) in [5, 5.41) is 7.82. The average Bonchev–Trinajstić information content (AvgIpc) is 2.73. The van der Waals surface area contributed by atoms with Gasteiger partial charge in [-0.15, -0.1) is 0 Å². The van der Waals surface area contributed by atoms with Crippen molar-refractivity contribution in [1.82, 2.24) is 15.1 Å². The Morgan fingerprint density at radius 1 is 1.28 bits per heavy atom. The molecule has 3 heteroatoms. The van der Waals surface area contributed by atoms with Crippen LogP contribution in [0, 0.1) is 5.41 Å². The predicted molar refractivity (Wildman–Crippen MR) is 77.7 cm³/mol. The first kappa shape index (κ1) is 15.2. The molecule has 3 nitrogen and oxygen atoms in total. The minimum absolute atomic E-state index is 0.411. The minimum atomic E-state index is 0.411. The first-order chi connectivity index (χ1) is 8.61. The van der Waals surface area contributed by atoms with Crippen molar-refractivity contribution in [3.8, 4) is 0 Å². The molecule has 0 saturated heterocycles. The molecule has 1 atom stereocenters. The van der Waals surface area contributed by atoms with Gasteiger partial charge in [0.2, 0.25) is 0 Å². The molecule has 0 aliphatic carbocycles. The number of aryl methyl sites for hydroxylation is 2. The van der Waals surface area contributed by atoms with Gasteiger partial charge in [-0.1, -0.05) is 27.2 Å². The van der Waals surface area contributed by atoms with Crippen LogP contribution in [0.15, 0.2) is 12.3 Å². The SMILES string of the molecule is CCCNCC(C)(CCC)CCc1ccnn1C. The molecule has 1 heterocycles. The van der Waals surface area contributed by atoms with E-state index in [1.807, 2.05) is 17.9 Å². The smallest absolute Gasteiger partial charge is 0.0492 e. The molecule has 104 valence electrons. The number of rotatable bonds is 9. The number of aromatic nitrogens is 2. The molecule has 0 fully saturated rings. The molecule has 1 N–H and O–H groups in total. The molecule has 0 bridgehead atoms. The summed E-state index contributed by atoms with van der Waals surface area (Å²) in [6.07, 6.45) is 8.01. The van der Waals surface area contributed by atoms with E-state index in [1.54, 1.807) is 0 Å². The highest BCUT2D eigenvalue weighted by Crippen LogP contribution is 2.28. The third-order valence-corrected chi connectivity index (χ3v) is 3.74. The van der Waals surface area contributed by atoms with Gasteiger partial charge in [0.1, 0.15) is 0 Å². The molecule has 1 aromatic rings. The molecule has 0 amide bonds. The summed E-state index contributed by atoms with van der Waals surface area (Å²) in [6, 6.07) is 2.13. The van der Waals surface area contributed by atoms with Gasteiger partial charge in [-0.05, 0) is 43.7 Å². The maximum absolute atomic E-state index is 4.24. The van der Waals surface area contributed by atoms with Gasteiger partial charge in [0.15, 0.2) is 0 Å². The van der Waals surface area contributed by atoms with Gasteiger partial charge in [0, 0.05) is 25.5 Å². The highest BCUT2D eigenvalue weighted by molar-refractivity contribution is 5.01. The highest BCUT2D eigenvalue weighted by Gasteiger charge is 2.22. The zero-order valence-corrected chi connectivity index (χ0v) is 12.5. The molecule has 0 radical (unpaired) electrons. The maximum atomic E-state index is 4.24. The number of nitrogens with zero attached hydrogens (tertiary/aromatic N) is 2. The van der Waals surface area contributed by atoms with Gasteiger partial charge < -0.3 is 5.32 Å². The van der Waals surface area contributed by atoms with Crippen LogP contribution in [0.4, 0.5) is 0 Å². The van der Waals surface area contributed by atoms with Crippen LogP contribution in [0.3, 0.4) is 0 Å². The van der Waals surface area contributed by atoms with E-state index in [2.05, 4.69) is 37.3 Å². The fraction of sp³-hybridized carbons (Fsp3) is 0.800. The van der Waals surface area contributed by atoms with Gasteiger partial charge in [-0.2, -0.15) is 5.10 Å². The normalized spacial score (nSPS) is 14.7. The van der Waals surface area contributed by atoms with Crippen molar-refractivity contribution >= 4 is 0 Å². The van der Waals surface area contributed by atoms with Crippen molar-refractivity contribution < 1.29 is 0 Å². The van der Waals surface area contributed by atoms with E-state index in [1.165, 1.54) is 31.4 Å². The largest absolute Gasteiger partial charge is 0.316 e. The van der Waals surface area contributed by atoms with Crippen LogP contribution >= 0.6 is 0 Å². The third-order valence-electron chi connectivity index (χ3n) is 3.74. The zero-order chi connectivity index (χ0) is 13.4. The molecule has 1 rings (SSSR count). The van der Waals surface area contributed by atoms with E-state index in [-0.39, 0.29) is 0 Å². The maximum Gasteiger partial charge on any atom is 0.0492 e. The van der Waals surface area contributed by atoms with Crippen molar-refractivity contribution in [2.24, 2.45) is 12.5 Å². The Labute approximate surface area is 112 Å². The summed E-state index contributed by atoms with van der Waals surface area (Å²) in [4.78, 5) is 0. The van der Waals surface area contributed by atoms with E-state index in [4.69, 9.17) is 0 Å². The summed E-state index contributed by atoms with van der Waals surface area (Å²) >= 11 is 0. The van der Waals surface area contributed by atoms with Crippen LogP contribution in [-0.2, 0) is 13.5 Å². The van der Waals surface area contributed by atoms with E-state index >= 15 is 0 Å². The van der Waals surface area contributed by atoms with E-state index in [0.29, 0.717) is 5.41 Å². The second-order valence-corrected chi connectivity index (χ2v) is 5.68. The Morgan fingerprint density at radius 3 is 2.61 bits per heavy atom. The lowest BCUT2D eigenvalue weighted by Crippen LogP contribution is -2.33. The molecular weight excluding hydrogens is 222 g/mol. The zero-order valence-electron chi connectivity index (χ0n) is 12.5. The van der Waals surface area contributed by atoms with Crippen molar-refractivity contribution in [2.45, 2.75) is 52.9 Å². The van der Waals surface area contributed by atoms with Crippen LogP contribution in [-0.4, -0.2) is 22.9 Å². The number of hydrogen-bond donors (Lipinski definition) is 1. The Balaban J connectivity index is 2.48. The van der Waals surface area contributed by atoms with Gasteiger partial charge in [0.25, 0.3) is 0 Å². The van der Waals surface area contributed by atoms with Crippen LogP contribution in [0.5, 0.6) is 0 Å². The summed E-state index contributed by atoms with van der Waals surface area (Å²) in [6.45, 7) is 9.18. The Bertz CT molecular complexity index is 332. The highest BCUT2D eigenvalue weighted by atomic mass is 15.2. The molecule has 18 heavy (non-hydrogen) atoms. The first-order valence-corrected chi connectivity index (χ1v) is 7.29. The quantitative estimate of drug-likeness (QED) is 0.683. The van der Waals surface area contributed by atoms with Crippen LogP contribution in [0.2, 0.25) is 0 Å². The van der Waals surface area contributed by atoms with Crippen molar-refractivity contribution in [3.05, 3.63) is 18.0 Å². The van der Waals surface area contributed by atoms with Crippen LogP contribution in [0.1, 0.15) is 52.1 Å². The number of hydrogen-bond acceptors (Lipinski definition) is 2. The summed E-state index contributed by atoms with van der Waals surface area (Å²) < 4.78 is 1.99. The van der Waals surface area contributed by atoms with E-state index in [0.717, 1.165) is 19.5 Å². The molecular formula is C15H29N3. The first-order valence-electron chi connectivity index (χ1n) is 7.29. The Kier molecular flexibility index (Phi) is 6.41. The molecule has 0 aliphatic rings. The van der Waals surface area contributed by atoms with Gasteiger partial charge in [-0.25, -0.2) is 0 Å². The summed E-state index contributed by atoms with van der Waals surface area (Å²) in [5.41, 5.74) is 1.75. The van der Waals surface area contributed by atoms with E-state index < -0.39 is 0 Å². The lowest BCUT2D eigenvalue weighted by molar-refractivity contribution is 0.254. The van der Waals surface area contributed by atoms with Gasteiger partial charge in [0.05, 0.1) is 0 Å². The molecule has 0 spiro atoms. The van der Waals surface area contributed by atoms with Gasteiger partial charge >= 0.3 is 0 Å². The second-order valence-electron chi connectivity index (χ2n) is 5.68. The lowest BCUT2D eigenvalue weighted by Gasteiger charge is -2.30. The van der Waals surface area contributed by atoms with Crippen molar-refractivity contribution in [3.63, 3.8) is 0 Å². The standard InChI is InChI=1S/C15H29N3/c1-5-9-15(3,13-16-11-6-2)10-7-14-8-12-17-18(14)4/h8,12,16H,5-7,9-11,13H2,1-4H3. The van der Waals surface area contributed by atoms with Crippen molar-refractivity contribution in [1.29, 1.82) is 0 Å². The third kappa shape index (κ3) is 4.81. The fourth-order valence-corrected chi connectivity index (χ4v) is 2.55. The van der Waals surface area contributed by atoms with Crippen molar-refractivity contribution in [2.75, 3.05) is 13.1 Å². The molecule has 0 aromatic carbocycles. The average molecular weight is 251 g/mol. The topological polar surface area (TPSA) is 29.9 Å². The van der Waals surface area contributed by atoms with E-state index in [9.17, 15) is 0 Å². The van der Waals surface area contributed by atoms with Crippen LogP contribution in [0.25, 0.3) is 0 Å². The second kappa shape index (κ2) is 7.57. The van der Waals surface area contributed by atoms with Crippen LogP contribution < -0.4 is 5.32 Å². The number of nitrogens with one attached hydrogen (secondary N) is 1. The summed E-state index contributed by atoms with van der Waals surface area (Å²) in [7, 11) is 2.03. The fourth-order valence-electron chi connectivity index (χ4n) is 2.55. The monoisotopic (exact) mass is 251 g/mol. The Hall–Kier alpha value is -0.830.